The highest BCUT2D eigenvalue weighted by Crippen LogP contribution is 2.33. The molecule has 2 N–H and O–H groups in total. The molecule has 4 heteroatoms. The van der Waals surface area contributed by atoms with E-state index in [0.29, 0.717) is 0 Å². The second kappa shape index (κ2) is 4.93. The van der Waals surface area contributed by atoms with Gasteiger partial charge < -0.3 is 10.3 Å². The largest absolute Gasteiger partial charge is 0.383 e. The van der Waals surface area contributed by atoms with Crippen LogP contribution in [0.5, 0.6) is 0 Å². The van der Waals surface area contributed by atoms with Gasteiger partial charge in [-0.15, -0.1) is 0 Å². The van der Waals surface area contributed by atoms with Crippen molar-refractivity contribution in [3.05, 3.63) is 29.8 Å². The van der Waals surface area contributed by atoms with Crippen LogP contribution < -0.4 is 5.73 Å². The van der Waals surface area contributed by atoms with Gasteiger partial charge in [0, 0.05) is 28.9 Å². The number of nitrogen functional groups attached to an aromatic ring is 1. The zero-order valence-electron chi connectivity index (χ0n) is 13.2. The average molecular weight is 272 g/mol. The van der Waals surface area contributed by atoms with E-state index >= 15 is 0 Å². The number of nitrogens with two attached hydrogens (primary N) is 1. The van der Waals surface area contributed by atoms with Gasteiger partial charge >= 0.3 is 0 Å². The van der Waals surface area contributed by atoms with Crippen molar-refractivity contribution >= 4 is 5.82 Å². The maximum Gasteiger partial charge on any atom is 0.132 e. The first-order valence-electron chi connectivity index (χ1n) is 7.03. The molecule has 0 saturated carbocycles. The van der Waals surface area contributed by atoms with E-state index in [1.54, 1.807) is 0 Å². The quantitative estimate of drug-likeness (QED) is 0.906. The molecule has 0 unspecified atom stereocenters. The average Bonchev–Trinajstić information content (AvgIpc) is 2.68. The van der Waals surface area contributed by atoms with Crippen molar-refractivity contribution in [1.29, 1.82) is 0 Å². The van der Waals surface area contributed by atoms with Crippen LogP contribution in [0.3, 0.4) is 0 Å². The fraction of sp³-hybridized carbons (Fsp3) is 0.500. The van der Waals surface area contributed by atoms with Crippen LogP contribution >= 0.6 is 0 Å². The van der Waals surface area contributed by atoms with Gasteiger partial charge in [0.1, 0.15) is 17.3 Å². The molecule has 0 spiro atoms. The van der Waals surface area contributed by atoms with Crippen molar-refractivity contribution in [3.8, 4) is 11.3 Å². The number of aromatic nitrogens is 3. The Balaban J connectivity index is 2.64. The molecule has 20 heavy (non-hydrogen) atoms. The summed E-state index contributed by atoms with van der Waals surface area (Å²) in [5, 5.41) is 0. The van der Waals surface area contributed by atoms with Crippen LogP contribution in [0, 0.1) is 6.92 Å². The van der Waals surface area contributed by atoms with Crippen LogP contribution in [0.2, 0.25) is 0 Å². The van der Waals surface area contributed by atoms with Crippen molar-refractivity contribution in [3.63, 3.8) is 0 Å². The van der Waals surface area contributed by atoms with Gasteiger partial charge in [0.15, 0.2) is 0 Å². The number of hydrogen-bond donors (Lipinski definition) is 1. The predicted molar refractivity (Wildman–Crippen MR) is 83.7 cm³/mol. The molecule has 0 aliphatic carbocycles. The van der Waals surface area contributed by atoms with E-state index in [4.69, 9.17) is 10.7 Å². The van der Waals surface area contributed by atoms with Crippen molar-refractivity contribution in [2.75, 3.05) is 5.73 Å². The van der Waals surface area contributed by atoms with E-state index < -0.39 is 0 Å². The predicted octanol–water partition coefficient (Wildman–Crippen LogP) is 3.71. The molecule has 2 aromatic heterocycles. The zero-order chi connectivity index (χ0) is 15.1. The lowest BCUT2D eigenvalue weighted by Crippen LogP contribution is -2.21. The Hall–Kier alpha value is -1.84. The first kappa shape index (κ1) is 14.6. The maximum absolute atomic E-state index is 6.34. The standard InChI is InChI=1S/C16H24N4/c1-10(2)20-14(17)13(19-15(20)16(4,5)6)12-8-7-11(3)18-9-12/h7-10H,17H2,1-6H3. The molecule has 0 aromatic carbocycles. The van der Waals surface area contributed by atoms with Crippen LogP contribution in [-0.4, -0.2) is 14.5 Å². The van der Waals surface area contributed by atoms with E-state index in [0.717, 1.165) is 28.6 Å². The maximum atomic E-state index is 6.34. The highest BCUT2D eigenvalue weighted by Gasteiger charge is 2.26. The summed E-state index contributed by atoms with van der Waals surface area (Å²) in [5.41, 5.74) is 9.09. The molecule has 2 heterocycles. The first-order valence-corrected chi connectivity index (χ1v) is 7.03. The molecule has 0 aliphatic rings. The summed E-state index contributed by atoms with van der Waals surface area (Å²) in [5.74, 6) is 1.73. The molecule has 2 aromatic rings. The third kappa shape index (κ3) is 2.55. The Morgan fingerprint density at radius 3 is 2.25 bits per heavy atom. The van der Waals surface area contributed by atoms with Gasteiger partial charge in [-0.1, -0.05) is 20.8 Å². The minimum atomic E-state index is -0.0469. The second-order valence-corrected chi connectivity index (χ2v) is 6.57. The number of anilines is 1. The SMILES string of the molecule is Cc1ccc(-c2nc(C(C)(C)C)n(C(C)C)c2N)cn1. The van der Waals surface area contributed by atoms with Crippen molar-refractivity contribution < 1.29 is 0 Å². The number of rotatable bonds is 2. The van der Waals surface area contributed by atoms with Crippen LogP contribution in [0.4, 0.5) is 5.82 Å². The Morgan fingerprint density at radius 1 is 1.20 bits per heavy atom. The monoisotopic (exact) mass is 272 g/mol. The molecule has 0 bridgehead atoms. The molecule has 0 fully saturated rings. The lowest BCUT2D eigenvalue weighted by Gasteiger charge is -2.22. The fourth-order valence-corrected chi connectivity index (χ4v) is 2.32. The van der Waals surface area contributed by atoms with Gasteiger partial charge in [-0.2, -0.15) is 0 Å². The normalized spacial score (nSPS) is 12.2. The van der Waals surface area contributed by atoms with Crippen LogP contribution in [0.25, 0.3) is 11.3 Å². The number of imidazole rings is 1. The molecule has 0 radical (unpaired) electrons. The summed E-state index contributed by atoms with van der Waals surface area (Å²) in [6, 6.07) is 4.29. The van der Waals surface area contributed by atoms with Gasteiger partial charge in [-0.25, -0.2) is 4.98 Å². The molecule has 4 nitrogen and oxygen atoms in total. The second-order valence-electron chi connectivity index (χ2n) is 6.57. The molecule has 0 amide bonds. The van der Waals surface area contributed by atoms with Crippen LogP contribution in [-0.2, 0) is 5.41 Å². The van der Waals surface area contributed by atoms with Crippen molar-refractivity contribution in [1.82, 2.24) is 14.5 Å². The van der Waals surface area contributed by atoms with E-state index in [9.17, 15) is 0 Å². The Kier molecular flexibility index (Phi) is 3.59. The third-order valence-electron chi connectivity index (χ3n) is 3.32. The molecular formula is C16H24N4. The molecular weight excluding hydrogens is 248 g/mol. The Morgan fingerprint density at radius 2 is 1.85 bits per heavy atom. The lowest BCUT2D eigenvalue weighted by molar-refractivity contribution is 0.473. The van der Waals surface area contributed by atoms with Gasteiger partial charge in [0.2, 0.25) is 0 Å². The summed E-state index contributed by atoms with van der Waals surface area (Å²) in [6.07, 6.45) is 1.84. The van der Waals surface area contributed by atoms with Gasteiger partial charge in [-0.05, 0) is 32.9 Å². The van der Waals surface area contributed by atoms with E-state index in [2.05, 4.69) is 44.2 Å². The van der Waals surface area contributed by atoms with E-state index in [1.165, 1.54) is 0 Å². The summed E-state index contributed by atoms with van der Waals surface area (Å²) in [7, 11) is 0. The number of hydrogen-bond acceptors (Lipinski definition) is 3. The summed E-state index contributed by atoms with van der Waals surface area (Å²) in [6.45, 7) is 12.7. The summed E-state index contributed by atoms with van der Waals surface area (Å²) >= 11 is 0. The molecule has 2 rings (SSSR count). The Labute approximate surface area is 121 Å². The minimum Gasteiger partial charge on any atom is -0.383 e. The van der Waals surface area contributed by atoms with Crippen LogP contribution in [0.1, 0.15) is 52.2 Å². The molecule has 108 valence electrons. The number of nitrogens with zero attached hydrogens (tertiary/aromatic N) is 3. The lowest BCUT2D eigenvalue weighted by atomic mass is 9.95. The highest BCUT2D eigenvalue weighted by molar-refractivity contribution is 5.70. The number of aryl methyl sites for hydroxylation is 1. The fourth-order valence-electron chi connectivity index (χ4n) is 2.32. The van der Waals surface area contributed by atoms with Gasteiger partial charge in [0.25, 0.3) is 0 Å². The third-order valence-corrected chi connectivity index (χ3v) is 3.32. The number of pyridine rings is 1. The summed E-state index contributed by atoms with van der Waals surface area (Å²) < 4.78 is 2.12. The molecule has 0 saturated heterocycles. The zero-order valence-corrected chi connectivity index (χ0v) is 13.2. The van der Waals surface area contributed by atoms with Gasteiger partial charge in [-0.3, -0.25) is 4.98 Å². The first-order chi connectivity index (χ1) is 9.21. The smallest absolute Gasteiger partial charge is 0.132 e. The topological polar surface area (TPSA) is 56.7 Å². The van der Waals surface area contributed by atoms with Crippen LogP contribution in [0.15, 0.2) is 18.3 Å². The van der Waals surface area contributed by atoms with Crippen molar-refractivity contribution in [2.24, 2.45) is 0 Å². The van der Waals surface area contributed by atoms with E-state index in [1.807, 2.05) is 25.3 Å². The molecule has 0 atom stereocenters. The highest BCUT2D eigenvalue weighted by atomic mass is 15.2. The minimum absolute atomic E-state index is 0.0469. The van der Waals surface area contributed by atoms with E-state index in [-0.39, 0.29) is 11.5 Å². The van der Waals surface area contributed by atoms with Gasteiger partial charge in [0.05, 0.1) is 0 Å². The Bertz CT molecular complexity index is 601. The molecule has 0 aliphatic heterocycles. The van der Waals surface area contributed by atoms with Crippen molar-refractivity contribution in [2.45, 2.75) is 53.0 Å². The summed E-state index contributed by atoms with van der Waals surface area (Å²) in [4.78, 5) is 9.14.